The fraction of sp³-hybridized carbons (Fsp3) is 0.692. The molecule has 0 bridgehead atoms. The van der Waals surface area contributed by atoms with Gasteiger partial charge < -0.3 is 21.1 Å². The molecular weight excluding hydrogens is 278 g/mol. The number of ketones is 1. The molecule has 0 aromatic rings. The van der Waals surface area contributed by atoms with Gasteiger partial charge in [-0.2, -0.15) is 0 Å². The SMILES string of the molecule is CC(CCCC(=O)N(C)C1C(=O)CO[C@@H]1C(N)=O)C(N)=O. The number of carbonyl (C=O) groups excluding carboxylic acids is 4. The van der Waals surface area contributed by atoms with Crippen LogP contribution < -0.4 is 11.5 Å². The Morgan fingerprint density at radius 2 is 2.00 bits per heavy atom. The smallest absolute Gasteiger partial charge is 0.249 e. The summed E-state index contributed by atoms with van der Waals surface area (Å²) in [5.41, 5.74) is 10.3. The molecule has 0 spiro atoms. The molecule has 2 unspecified atom stereocenters. The van der Waals surface area contributed by atoms with E-state index in [1.54, 1.807) is 6.92 Å². The van der Waals surface area contributed by atoms with E-state index in [1.807, 2.05) is 0 Å². The van der Waals surface area contributed by atoms with Crippen molar-refractivity contribution in [3.8, 4) is 0 Å². The first-order valence-electron chi connectivity index (χ1n) is 6.74. The van der Waals surface area contributed by atoms with E-state index >= 15 is 0 Å². The summed E-state index contributed by atoms with van der Waals surface area (Å²) in [6.07, 6.45) is 0.0131. The van der Waals surface area contributed by atoms with Crippen molar-refractivity contribution in [1.82, 2.24) is 4.90 Å². The van der Waals surface area contributed by atoms with Crippen molar-refractivity contribution in [2.24, 2.45) is 17.4 Å². The molecule has 1 aliphatic rings. The lowest BCUT2D eigenvalue weighted by molar-refractivity contribution is -0.139. The van der Waals surface area contributed by atoms with Crippen LogP contribution in [0.1, 0.15) is 26.2 Å². The summed E-state index contributed by atoms with van der Waals surface area (Å²) >= 11 is 0. The third kappa shape index (κ3) is 4.25. The Morgan fingerprint density at radius 3 is 2.52 bits per heavy atom. The molecule has 1 rings (SSSR count). The number of ether oxygens (including phenoxy) is 1. The highest BCUT2D eigenvalue weighted by Crippen LogP contribution is 2.17. The van der Waals surface area contributed by atoms with Crippen LogP contribution in [0.5, 0.6) is 0 Å². The first kappa shape index (κ1) is 17.1. The van der Waals surface area contributed by atoms with Gasteiger partial charge >= 0.3 is 0 Å². The summed E-state index contributed by atoms with van der Waals surface area (Å²) in [5.74, 6) is -2.14. The van der Waals surface area contributed by atoms with Gasteiger partial charge in [0.25, 0.3) is 0 Å². The van der Waals surface area contributed by atoms with Gasteiger partial charge in [-0.05, 0) is 12.8 Å². The molecule has 1 saturated heterocycles. The Balaban J connectivity index is 2.55. The molecule has 0 aromatic carbocycles. The molecule has 21 heavy (non-hydrogen) atoms. The number of nitrogens with zero attached hydrogens (tertiary/aromatic N) is 1. The molecule has 3 atom stereocenters. The van der Waals surface area contributed by atoms with Crippen LogP contribution in [0.4, 0.5) is 0 Å². The van der Waals surface area contributed by atoms with Crippen LogP contribution in [0, 0.1) is 5.92 Å². The lowest BCUT2D eigenvalue weighted by Crippen LogP contribution is -2.50. The zero-order valence-corrected chi connectivity index (χ0v) is 12.2. The standard InChI is InChI=1S/C13H21N3O5/c1-7(12(14)19)4-3-5-9(18)16(2)10-8(17)6-21-11(10)13(15)20/h7,10-11H,3-6H2,1-2H3,(H2,14,19)(H2,15,20)/t7?,10?,11-/m0/s1. The van der Waals surface area contributed by atoms with Gasteiger partial charge in [-0.15, -0.1) is 0 Å². The van der Waals surface area contributed by atoms with Crippen LogP contribution in [0.25, 0.3) is 0 Å². The Bertz CT molecular complexity index is 451. The van der Waals surface area contributed by atoms with Crippen LogP contribution >= 0.6 is 0 Å². The summed E-state index contributed by atoms with van der Waals surface area (Å²) in [4.78, 5) is 47.1. The van der Waals surface area contributed by atoms with Crippen LogP contribution in [0.15, 0.2) is 0 Å². The largest absolute Gasteiger partial charge is 0.369 e. The first-order chi connectivity index (χ1) is 9.75. The van der Waals surface area contributed by atoms with Crippen LogP contribution in [0.2, 0.25) is 0 Å². The predicted molar refractivity (Wildman–Crippen MR) is 72.7 cm³/mol. The summed E-state index contributed by atoms with van der Waals surface area (Å²) in [7, 11) is 1.44. The molecule has 118 valence electrons. The molecular formula is C13H21N3O5. The summed E-state index contributed by atoms with van der Waals surface area (Å²) in [6, 6.07) is -0.969. The Hall–Kier alpha value is -1.96. The third-order valence-corrected chi connectivity index (χ3v) is 3.63. The van der Waals surface area contributed by atoms with E-state index in [0.717, 1.165) is 0 Å². The summed E-state index contributed by atoms with van der Waals surface area (Å²) in [6.45, 7) is 1.46. The van der Waals surface area contributed by atoms with E-state index in [0.29, 0.717) is 12.8 Å². The molecule has 4 N–H and O–H groups in total. The Labute approximate surface area is 122 Å². The monoisotopic (exact) mass is 299 g/mol. The van der Waals surface area contributed by atoms with Crippen molar-refractivity contribution in [1.29, 1.82) is 0 Å². The van der Waals surface area contributed by atoms with Crippen molar-refractivity contribution in [2.45, 2.75) is 38.3 Å². The van der Waals surface area contributed by atoms with Crippen molar-refractivity contribution >= 4 is 23.5 Å². The highest BCUT2D eigenvalue weighted by Gasteiger charge is 2.43. The number of primary amides is 2. The minimum absolute atomic E-state index is 0.156. The fourth-order valence-corrected chi connectivity index (χ4v) is 2.21. The van der Waals surface area contributed by atoms with Gasteiger partial charge in [0, 0.05) is 19.4 Å². The molecule has 0 aliphatic carbocycles. The van der Waals surface area contributed by atoms with Gasteiger partial charge in [0.1, 0.15) is 12.6 Å². The molecule has 0 radical (unpaired) electrons. The average Bonchev–Trinajstić information content (AvgIpc) is 2.79. The lowest BCUT2D eigenvalue weighted by Gasteiger charge is -2.25. The number of likely N-dealkylation sites (N-methyl/N-ethyl adjacent to an activating group) is 1. The topological polar surface area (TPSA) is 133 Å². The quantitative estimate of drug-likeness (QED) is 0.594. The van der Waals surface area contributed by atoms with Crippen LogP contribution in [-0.2, 0) is 23.9 Å². The van der Waals surface area contributed by atoms with Crippen LogP contribution in [-0.4, -0.2) is 54.2 Å². The number of rotatable bonds is 7. The van der Waals surface area contributed by atoms with Crippen LogP contribution in [0.3, 0.4) is 0 Å². The van der Waals surface area contributed by atoms with Gasteiger partial charge in [-0.25, -0.2) is 0 Å². The van der Waals surface area contributed by atoms with E-state index in [4.69, 9.17) is 16.2 Å². The minimum atomic E-state index is -1.10. The van der Waals surface area contributed by atoms with E-state index in [-0.39, 0.29) is 30.6 Å². The van der Waals surface area contributed by atoms with Gasteiger partial charge in [0.05, 0.1) is 0 Å². The molecule has 1 aliphatic heterocycles. The lowest BCUT2D eigenvalue weighted by atomic mass is 10.0. The first-order valence-corrected chi connectivity index (χ1v) is 6.74. The highest BCUT2D eigenvalue weighted by atomic mass is 16.5. The number of nitrogens with two attached hydrogens (primary N) is 2. The molecule has 3 amide bonds. The Kier molecular flexibility index (Phi) is 5.83. The molecule has 0 saturated carbocycles. The van der Waals surface area contributed by atoms with Gasteiger partial charge in [-0.1, -0.05) is 6.92 Å². The second kappa shape index (κ2) is 7.16. The van der Waals surface area contributed by atoms with Crippen molar-refractivity contribution in [3.05, 3.63) is 0 Å². The number of Topliss-reactive ketones (excluding diaryl/α,β-unsaturated/α-hetero) is 1. The maximum Gasteiger partial charge on any atom is 0.249 e. The van der Waals surface area contributed by atoms with Gasteiger partial charge in [-0.3, -0.25) is 19.2 Å². The van der Waals surface area contributed by atoms with Gasteiger partial charge in [0.15, 0.2) is 11.9 Å². The zero-order chi connectivity index (χ0) is 16.2. The number of hydrogen-bond donors (Lipinski definition) is 2. The molecule has 8 heteroatoms. The Morgan fingerprint density at radius 1 is 1.38 bits per heavy atom. The minimum Gasteiger partial charge on any atom is -0.369 e. The maximum atomic E-state index is 12.0. The predicted octanol–water partition coefficient (Wildman–Crippen LogP) is -1.44. The number of carbonyl (C=O) groups is 4. The van der Waals surface area contributed by atoms with E-state index in [2.05, 4.69) is 0 Å². The van der Waals surface area contributed by atoms with Crippen molar-refractivity contribution in [3.63, 3.8) is 0 Å². The zero-order valence-electron chi connectivity index (χ0n) is 12.2. The van der Waals surface area contributed by atoms with E-state index in [1.165, 1.54) is 11.9 Å². The normalized spacial score (nSPS) is 22.9. The molecule has 1 heterocycles. The molecule has 8 nitrogen and oxygen atoms in total. The summed E-state index contributed by atoms with van der Waals surface area (Å²) in [5, 5.41) is 0. The number of amides is 3. The fourth-order valence-electron chi connectivity index (χ4n) is 2.21. The van der Waals surface area contributed by atoms with E-state index < -0.39 is 24.0 Å². The van der Waals surface area contributed by atoms with Gasteiger partial charge in [0.2, 0.25) is 17.7 Å². The number of hydrogen-bond acceptors (Lipinski definition) is 5. The second-order valence-electron chi connectivity index (χ2n) is 5.25. The maximum absolute atomic E-state index is 12.0. The molecule has 0 aromatic heterocycles. The summed E-state index contributed by atoms with van der Waals surface area (Å²) < 4.78 is 5.01. The molecule has 1 fully saturated rings. The highest BCUT2D eigenvalue weighted by molar-refractivity contribution is 5.98. The second-order valence-corrected chi connectivity index (χ2v) is 5.25. The third-order valence-electron chi connectivity index (χ3n) is 3.63. The average molecular weight is 299 g/mol. The van der Waals surface area contributed by atoms with Crippen molar-refractivity contribution in [2.75, 3.05) is 13.7 Å². The van der Waals surface area contributed by atoms with E-state index in [9.17, 15) is 19.2 Å². The van der Waals surface area contributed by atoms with Crippen molar-refractivity contribution < 1.29 is 23.9 Å².